The third-order valence-corrected chi connectivity index (χ3v) is 2.34. The van der Waals surface area contributed by atoms with E-state index in [1.165, 1.54) is 0 Å². The maximum Gasteiger partial charge on any atom is 0.182 e. The Morgan fingerprint density at radius 3 is 2.87 bits per heavy atom. The highest BCUT2D eigenvalue weighted by molar-refractivity contribution is 5.53. The molecule has 1 aliphatic rings. The number of benzene rings is 1. The van der Waals surface area contributed by atoms with Crippen LogP contribution in [0.3, 0.4) is 0 Å². The molecule has 1 fully saturated rings. The van der Waals surface area contributed by atoms with E-state index in [9.17, 15) is 0 Å². The van der Waals surface area contributed by atoms with E-state index in [-0.39, 0.29) is 6.10 Å². The van der Waals surface area contributed by atoms with Crippen molar-refractivity contribution in [1.29, 1.82) is 0 Å². The summed E-state index contributed by atoms with van der Waals surface area (Å²) in [5.74, 6) is 0.797. The topological polar surface area (TPSA) is 56.1 Å². The van der Waals surface area contributed by atoms with Crippen molar-refractivity contribution in [3.8, 4) is 11.4 Å². The van der Waals surface area contributed by atoms with E-state index in [4.69, 9.17) is 4.74 Å². The van der Waals surface area contributed by atoms with Crippen LogP contribution in [0.25, 0.3) is 11.4 Å². The minimum absolute atomic E-state index is 0.288. The minimum Gasteiger partial charge on any atom is -0.371 e. The van der Waals surface area contributed by atoms with Crippen LogP contribution in [0.1, 0.15) is 0 Å². The maximum atomic E-state index is 5.16. The Kier molecular flexibility index (Phi) is 1.96. The van der Waals surface area contributed by atoms with Crippen LogP contribution in [0, 0.1) is 0 Å². The van der Waals surface area contributed by atoms with E-state index in [1.807, 2.05) is 30.3 Å². The molecule has 2 aromatic rings. The van der Waals surface area contributed by atoms with Gasteiger partial charge in [0.2, 0.25) is 0 Å². The quantitative estimate of drug-likeness (QED) is 0.689. The van der Waals surface area contributed by atoms with Crippen LogP contribution >= 0.6 is 0 Å². The van der Waals surface area contributed by atoms with Gasteiger partial charge in [-0.25, -0.2) is 4.68 Å². The molecule has 0 radical (unpaired) electrons. The lowest BCUT2D eigenvalue weighted by Crippen LogP contribution is -2.07. The van der Waals surface area contributed by atoms with Crippen molar-refractivity contribution in [2.24, 2.45) is 0 Å². The van der Waals surface area contributed by atoms with E-state index in [0.717, 1.165) is 24.5 Å². The van der Waals surface area contributed by atoms with Crippen molar-refractivity contribution in [2.75, 3.05) is 6.61 Å². The van der Waals surface area contributed by atoms with Gasteiger partial charge in [0.15, 0.2) is 5.82 Å². The number of tetrazole rings is 1. The molecule has 0 N–H and O–H groups in total. The smallest absolute Gasteiger partial charge is 0.182 e. The predicted octanol–water partition coefficient (Wildman–Crippen LogP) is 0.739. The minimum atomic E-state index is 0.288. The summed E-state index contributed by atoms with van der Waals surface area (Å²) in [6.07, 6.45) is 0.288. The molecule has 0 aliphatic carbocycles. The molecular formula is C10H10N4O. The summed E-state index contributed by atoms with van der Waals surface area (Å²) in [6, 6.07) is 9.91. The van der Waals surface area contributed by atoms with E-state index >= 15 is 0 Å². The number of aromatic nitrogens is 4. The fourth-order valence-corrected chi connectivity index (χ4v) is 1.49. The highest BCUT2D eigenvalue weighted by atomic mass is 16.6. The Balaban J connectivity index is 1.93. The zero-order valence-corrected chi connectivity index (χ0v) is 8.08. The maximum absolute atomic E-state index is 5.16. The van der Waals surface area contributed by atoms with Crippen molar-refractivity contribution < 1.29 is 4.74 Å². The third kappa shape index (κ3) is 1.73. The highest BCUT2D eigenvalue weighted by Gasteiger charge is 2.25. The van der Waals surface area contributed by atoms with Gasteiger partial charge < -0.3 is 4.74 Å². The second-order valence-electron chi connectivity index (χ2n) is 3.51. The summed E-state index contributed by atoms with van der Waals surface area (Å²) >= 11 is 0. The van der Waals surface area contributed by atoms with E-state index in [1.54, 1.807) is 4.68 Å². The van der Waals surface area contributed by atoms with Gasteiger partial charge in [0, 0.05) is 5.56 Å². The normalized spacial score (nSPS) is 19.1. The Labute approximate surface area is 86.7 Å². The number of hydrogen-bond donors (Lipinski definition) is 0. The molecule has 0 saturated carbocycles. The van der Waals surface area contributed by atoms with Gasteiger partial charge in [-0.05, 0) is 10.4 Å². The predicted molar refractivity (Wildman–Crippen MR) is 53.0 cm³/mol. The second kappa shape index (κ2) is 3.43. The SMILES string of the molecule is c1ccc(-c2nnnn2C[C@@H]2CO2)cc1. The molecule has 0 amide bonds. The van der Waals surface area contributed by atoms with Gasteiger partial charge in [-0.1, -0.05) is 30.3 Å². The first-order valence-corrected chi connectivity index (χ1v) is 4.86. The molecule has 1 atom stereocenters. The van der Waals surface area contributed by atoms with Gasteiger partial charge >= 0.3 is 0 Å². The van der Waals surface area contributed by atoms with Crippen LogP contribution in [0.2, 0.25) is 0 Å². The number of epoxide rings is 1. The Morgan fingerprint density at radius 1 is 1.33 bits per heavy atom. The number of hydrogen-bond acceptors (Lipinski definition) is 4. The molecule has 5 heteroatoms. The molecule has 0 unspecified atom stereocenters. The molecule has 76 valence electrons. The number of nitrogens with zero attached hydrogens (tertiary/aromatic N) is 4. The van der Waals surface area contributed by atoms with Crippen LogP contribution in [0.5, 0.6) is 0 Å². The van der Waals surface area contributed by atoms with E-state index < -0.39 is 0 Å². The largest absolute Gasteiger partial charge is 0.371 e. The molecule has 1 aromatic heterocycles. The third-order valence-electron chi connectivity index (χ3n) is 2.34. The van der Waals surface area contributed by atoms with Gasteiger partial charge in [-0.3, -0.25) is 0 Å². The molecule has 2 heterocycles. The number of ether oxygens (including phenoxy) is 1. The van der Waals surface area contributed by atoms with Crippen molar-refractivity contribution in [1.82, 2.24) is 20.2 Å². The molecule has 1 aromatic carbocycles. The fraction of sp³-hybridized carbons (Fsp3) is 0.300. The molecule has 5 nitrogen and oxygen atoms in total. The van der Waals surface area contributed by atoms with Gasteiger partial charge in [-0.15, -0.1) is 5.10 Å². The second-order valence-corrected chi connectivity index (χ2v) is 3.51. The lowest BCUT2D eigenvalue weighted by atomic mass is 10.2. The monoisotopic (exact) mass is 202 g/mol. The van der Waals surface area contributed by atoms with Crippen molar-refractivity contribution in [2.45, 2.75) is 12.6 Å². The summed E-state index contributed by atoms with van der Waals surface area (Å²) in [4.78, 5) is 0. The average molecular weight is 202 g/mol. The first-order valence-electron chi connectivity index (χ1n) is 4.86. The van der Waals surface area contributed by atoms with Gasteiger partial charge in [0.05, 0.1) is 13.2 Å². The highest BCUT2D eigenvalue weighted by Crippen LogP contribution is 2.18. The zero-order valence-electron chi connectivity index (χ0n) is 8.08. The van der Waals surface area contributed by atoms with Crippen LogP contribution in [-0.4, -0.2) is 32.9 Å². The summed E-state index contributed by atoms with van der Waals surface area (Å²) in [7, 11) is 0. The molecule has 3 rings (SSSR count). The molecule has 1 saturated heterocycles. The first kappa shape index (κ1) is 8.55. The van der Waals surface area contributed by atoms with Gasteiger partial charge in [0.1, 0.15) is 6.10 Å². The lowest BCUT2D eigenvalue weighted by molar-refractivity contribution is 0.372. The molecular weight excluding hydrogens is 192 g/mol. The molecule has 1 aliphatic heterocycles. The molecule has 0 bridgehead atoms. The Bertz CT molecular complexity index is 449. The Morgan fingerprint density at radius 2 is 2.13 bits per heavy atom. The average Bonchev–Trinajstić information content (AvgIpc) is 2.96. The first-order chi connectivity index (χ1) is 7.43. The van der Waals surface area contributed by atoms with Crippen LogP contribution in [0.4, 0.5) is 0 Å². The summed E-state index contributed by atoms with van der Waals surface area (Å²) < 4.78 is 6.94. The van der Waals surface area contributed by atoms with Gasteiger partial charge in [0.25, 0.3) is 0 Å². The summed E-state index contributed by atoms with van der Waals surface area (Å²) in [6.45, 7) is 1.55. The van der Waals surface area contributed by atoms with Crippen molar-refractivity contribution in [3.05, 3.63) is 30.3 Å². The molecule has 15 heavy (non-hydrogen) atoms. The van der Waals surface area contributed by atoms with E-state index in [2.05, 4.69) is 15.5 Å². The van der Waals surface area contributed by atoms with Crippen LogP contribution < -0.4 is 0 Å². The standard InChI is InChI=1S/C10H10N4O/c1-2-4-8(5-3-1)10-11-12-13-14(10)6-9-7-15-9/h1-5,9H,6-7H2/t9-/m1/s1. The van der Waals surface area contributed by atoms with Crippen molar-refractivity contribution in [3.63, 3.8) is 0 Å². The van der Waals surface area contributed by atoms with Crippen LogP contribution in [-0.2, 0) is 11.3 Å². The summed E-state index contributed by atoms with van der Waals surface area (Å²) in [5.41, 5.74) is 1.03. The number of rotatable bonds is 3. The van der Waals surface area contributed by atoms with E-state index in [0.29, 0.717) is 0 Å². The fourth-order valence-electron chi connectivity index (χ4n) is 1.49. The van der Waals surface area contributed by atoms with Crippen LogP contribution in [0.15, 0.2) is 30.3 Å². The van der Waals surface area contributed by atoms with Gasteiger partial charge in [-0.2, -0.15) is 0 Å². The van der Waals surface area contributed by atoms with Crippen molar-refractivity contribution >= 4 is 0 Å². The molecule has 0 spiro atoms. The zero-order chi connectivity index (χ0) is 10.1. The summed E-state index contributed by atoms with van der Waals surface area (Å²) in [5, 5.41) is 11.6. The lowest BCUT2D eigenvalue weighted by Gasteiger charge is -2.01. The Hall–Kier alpha value is -1.75.